The number of amides is 1. The highest BCUT2D eigenvalue weighted by Crippen LogP contribution is 2.10. The highest BCUT2D eigenvalue weighted by atomic mass is 16.5. The van der Waals surface area contributed by atoms with E-state index < -0.39 is 0 Å². The molecule has 0 unspecified atom stereocenters. The van der Waals surface area contributed by atoms with Crippen molar-refractivity contribution in [3.63, 3.8) is 0 Å². The third-order valence-corrected chi connectivity index (χ3v) is 3.34. The van der Waals surface area contributed by atoms with E-state index in [4.69, 9.17) is 4.74 Å². The van der Waals surface area contributed by atoms with Gasteiger partial charge in [-0.15, -0.1) is 0 Å². The summed E-state index contributed by atoms with van der Waals surface area (Å²) < 4.78 is 9.85. The van der Waals surface area contributed by atoms with Gasteiger partial charge < -0.3 is 19.7 Å². The van der Waals surface area contributed by atoms with Gasteiger partial charge in [-0.05, 0) is 24.3 Å². The molecule has 0 saturated carbocycles. The van der Waals surface area contributed by atoms with Crippen LogP contribution in [0.25, 0.3) is 0 Å². The van der Waals surface area contributed by atoms with Gasteiger partial charge in [-0.25, -0.2) is 4.79 Å². The molecule has 2 rings (SSSR count). The van der Waals surface area contributed by atoms with E-state index in [0.29, 0.717) is 44.8 Å². The quantitative estimate of drug-likeness (QED) is 0.824. The minimum atomic E-state index is -0.357. The van der Waals surface area contributed by atoms with Crippen LogP contribution >= 0.6 is 0 Å². The monoisotopic (exact) mass is 292 g/mol. The number of rotatable bonds is 5. The summed E-state index contributed by atoms with van der Waals surface area (Å²) in [7, 11) is 1.35. The number of ether oxygens (including phenoxy) is 2. The summed E-state index contributed by atoms with van der Waals surface area (Å²) in [4.78, 5) is 25.1. The summed E-state index contributed by atoms with van der Waals surface area (Å²) in [6.07, 6.45) is 0.443. The van der Waals surface area contributed by atoms with Crippen molar-refractivity contribution >= 4 is 17.6 Å². The van der Waals surface area contributed by atoms with E-state index >= 15 is 0 Å². The summed E-state index contributed by atoms with van der Waals surface area (Å²) in [6, 6.07) is 6.98. The maximum Gasteiger partial charge on any atom is 0.337 e. The second-order valence-corrected chi connectivity index (χ2v) is 4.74. The molecule has 21 heavy (non-hydrogen) atoms. The summed E-state index contributed by atoms with van der Waals surface area (Å²) in [5, 5.41) is 3.17. The van der Waals surface area contributed by atoms with Gasteiger partial charge in [-0.2, -0.15) is 0 Å². The molecule has 1 aromatic carbocycles. The van der Waals surface area contributed by atoms with Crippen LogP contribution in [-0.4, -0.2) is 56.7 Å². The SMILES string of the molecule is COC(=O)c1ccc(NCCC(=O)N2CCOCC2)cc1. The van der Waals surface area contributed by atoms with Crippen LogP contribution < -0.4 is 5.32 Å². The lowest BCUT2D eigenvalue weighted by atomic mass is 10.2. The Kier molecular flexibility index (Phi) is 5.57. The minimum absolute atomic E-state index is 0.136. The van der Waals surface area contributed by atoms with E-state index in [0.717, 1.165) is 5.69 Å². The van der Waals surface area contributed by atoms with Gasteiger partial charge in [0.25, 0.3) is 0 Å². The predicted octanol–water partition coefficient (Wildman–Crippen LogP) is 1.13. The number of morpholine rings is 1. The molecule has 1 amide bonds. The first kappa shape index (κ1) is 15.3. The molecule has 1 heterocycles. The molecular formula is C15H20N2O4. The van der Waals surface area contributed by atoms with Gasteiger partial charge in [-0.3, -0.25) is 4.79 Å². The Morgan fingerprint density at radius 1 is 1.24 bits per heavy atom. The van der Waals surface area contributed by atoms with Crippen LogP contribution in [-0.2, 0) is 14.3 Å². The van der Waals surface area contributed by atoms with E-state index in [1.54, 1.807) is 24.3 Å². The summed E-state index contributed by atoms with van der Waals surface area (Å²) in [5.41, 5.74) is 1.38. The third kappa shape index (κ3) is 4.46. The number of nitrogens with zero attached hydrogens (tertiary/aromatic N) is 1. The van der Waals surface area contributed by atoms with E-state index in [2.05, 4.69) is 10.1 Å². The number of esters is 1. The fourth-order valence-corrected chi connectivity index (χ4v) is 2.13. The summed E-state index contributed by atoms with van der Waals surface area (Å²) >= 11 is 0. The van der Waals surface area contributed by atoms with Gasteiger partial charge in [0.15, 0.2) is 0 Å². The normalized spacial score (nSPS) is 14.6. The fourth-order valence-electron chi connectivity index (χ4n) is 2.13. The van der Waals surface area contributed by atoms with Gasteiger partial charge in [0.05, 0.1) is 25.9 Å². The molecule has 0 radical (unpaired) electrons. The third-order valence-electron chi connectivity index (χ3n) is 3.34. The lowest BCUT2D eigenvalue weighted by molar-refractivity contribution is -0.134. The molecule has 0 atom stereocenters. The van der Waals surface area contributed by atoms with Crippen LogP contribution in [0.5, 0.6) is 0 Å². The van der Waals surface area contributed by atoms with Crippen molar-refractivity contribution in [2.75, 3.05) is 45.3 Å². The Morgan fingerprint density at radius 3 is 2.52 bits per heavy atom. The van der Waals surface area contributed by atoms with Crippen LogP contribution in [0.2, 0.25) is 0 Å². The molecule has 0 aromatic heterocycles. The first-order chi connectivity index (χ1) is 10.2. The largest absolute Gasteiger partial charge is 0.465 e. The number of hydrogen-bond acceptors (Lipinski definition) is 5. The van der Waals surface area contributed by atoms with Crippen LogP contribution in [0, 0.1) is 0 Å². The van der Waals surface area contributed by atoms with Crippen molar-refractivity contribution in [3.8, 4) is 0 Å². The zero-order valence-corrected chi connectivity index (χ0v) is 12.1. The zero-order chi connectivity index (χ0) is 15.1. The van der Waals surface area contributed by atoms with Gasteiger partial charge in [0.2, 0.25) is 5.91 Å². The second-order valence-electron chi connectivity index (χ2n) is 4.74. The number of carbonyl (C=O) groups excluding carboxylic acids is 2. The van der Waals surface area contributed by atoms with Crippen molar-refractivity contribution in [2.24, 2.45) is 0 Å². The van der Waals surface area contributed by atoms with E-state index in [9.17, 15) is 9.59 Å². The van der Waals surface area contributed by atoms with Crippen molar-refractivity contribution in [1.82, 2.24) is 4.90 Å². The van der Waals surface area contributed by atoms with Gasteiger partial charge in [0.1, 0.15) is 0 Å². The number of hydrogen-bond donors (Lipinski definition) is 1. The number of carbonyl (C=O) groups is 2. The standard InChI is InChI=1S/C15H20N2O4/c1-20-15(19)12-2-4-13(5-3-12)16-7-6-14(18)17-8-10-21-11-9-17/h2-5,16H,6-11H2,1H3. The van der Waals surface area contributed by atoms with Crippen LogP contribution in [0.1, 0.15) is 16.8 Å². The lowest BCUT2D eigenvalue weighted by Crippen LogP contribution is -2.41. The van der Waals surface area contributed by atoms with E-state index in [1.807, 2.05) is 4.90 Å². The predicted molar refractivity (Wildman–Crippen MR) is 78.3 cm³/mol. The molecule has 1 N–H and O–H groups in total. The molecule has 1 aliphatic rings. The average Bonchev–Trinajstić information content (AvgIpc) is 2.55. The van der Waals surface area contributed by atoms with Crippen molar-refractivity contribution in [2.45, 2.75) is 6.42 Å². The summed E-state index contributed by atoms with van der Waals surface area (Å²) in [5.74, 6) is -0.221. The molecular weight excluding hydrogens is 272 g/mol. The topological polar surface area (TPSA) is 67.9 Å². The highest BCUT2D eigenvalue weighted by molar-refractivity contribution is 5.89. The Bertz CT molecular complexity index is 481. The van der Waals surface area contributed by atoms with Crippen LogP contribution in [0.15, 0.2) is 24.3 Å². The molecule has 1 aromatic rings. The molecule has 114 valence electrons. The maximum absolute atomic E-state index is 11.9. The maximum atomic E-state index is 11.9. The van der Waals surface area contributed by atoms with Crippen molar-refractivity contribution < 1.29 is 19.1 Å². The lowest BCUT2D eigenvalue weighted by Gasteiger charge is -2.26. The van der Waals surface area contributed by atoms with E-state index in [1.165, 1.54) is 7.11 Å². The molecule has 0 aliphatic carbocycles. The molecule has 6 nitrogen and oxygen atoms in total. The minimum Gasteiger partial charge on any atom is -0.465 e. The Labute approximate surface area is 124 Å². The number of methoxy groups -OCH3 is 1. The molecule has 0 bridgehead atoms. The second kappa shape index (κ2) is 7.64. The molecule has 1 saturated heterocycles. The molecule has 0 spiro atoms. The number of benzene rings is 1. The van der Waals surface area contributed by atoms with Gasteiger partial charge in [-0.1, -0.05) is 0 Å². The van der Waals surface area contributed by atoms with Crippen molar-refractivity contribution in [3.05, 3.63) is 29.8 Å². The highest BCUT2D eigenvalue weighted by Gasteiger charge is 2.15. The molecule has 1 fully saturated rings. The van der Waals surface area contributed by atoms with Gasteiger partial charge >= 0.3 is 5.97 Å². The van der Waals surface area contributed by atoms with Gasteiger partial charge in [0, 0.05) is 31.7 Å². The Balaban J connectivity index is 1.75. The Hall–Kier alpha value is -2.08. The fraction of sp³-hybridized carbons (Fsp3) is 0.467. The van der Waals surface area contributed by atoms with E-state index in [-0.39, 0.29) is 11.9 Å². The number of anilines is 1. The van der Waals surface area contributed by atoms with Crippen LogP contribution in [0.4, 0.5) is 5.69 Å². The molecule has 1 aliphatic heterocycles. The first-order valence-electron chi connectivity index (χ1n) is 6.98. The first-order valence-corrected chi connectivity index (χ1v) is 6.98. The Morgan fingerprint density at radius 2 is 1.90 bits per heavy atom. The zero-order valence-electron chi connectivity index (χ0n) is 12.1. The smallest absolute Gasteiger partial charge is 0.337 e. The summed E-state index contributed by atoms with van der Waals surface area (Å²) in [6.45, 7) is 3.15. The molecule has 6 heteroatoms. The van der Waals surface area contributed by atoms with Crippen molar-refractivity contribution in [1.29, 1.82) is 0 Å². The number of nitrogens with one attached hydrogen (secondary N) is 1. The van der Waals surface area contributed by atoms with Crippen LogP contribution in [0.3, 0.4) is 0 Å². The average molecular weight is 292 g/mol.